The molecule has 2 aromatic carbocycles. The largest absolute Gasteiger partial charge is 0.379 e. The van der Waals surface area contributed by atoms with Crippen LogP contribution in [0.1, 0.15) is 29.5 Å². The lowest BCUT2D eigenvalue weighted by Gasteiger charge is -2.35. The standard InChI is InChI=1S/C22H24ClFN2O2/c23-20-4-2-1-3-17(20)18-13-19(18)22(27)25-14-21(26-9-11-28-12-10-26)15-5-7-16(24)8-6-15/h1-8,18-19,21H,9-14H2,(H,25,27). The zero-order chi connectivity index (χ0) is 19.5. The van der Waals surface area contributed by atoms with Gasteiger partial charge in [-0.15, -0.1) is 0 Å². The number of nitrogens with zero attached hydrogens (tertiary/aromatic N) is 1. The van der Waals surface area contributed by atoms with Gasteiger partial charge in [-0.3, -0.25) is 9.69 Å². The molecule has 2 aliphatic rings. The number of carbonyl (C=O) groups is 1. The zero-order valence-corrected chi connectivity index (χ0v) is 16.4. The van der Waals surface area contributed by atoms with Gasteiger partial charge in [0.25, 0.3) is 0 Å². The number of rotatable bonds is 6. The third kappa shape index (κ3) is 4.37. The monoisotopic (exact) mass is 402 g/mol. The van der Waals surface area contributed by atoms with Gasteiger partial charge in [0.1, 0.15) is 5.82 Å². The van der Waals surface area contributed by atoms with Crippen LogP contribution in [-0.4, -0.2) is 43.7 Å². The van der Waals surface area contributed by atoms with Gasteiger partial charge in [0.15, 0.2) is 0 Å². The molecule has 1 N–H and O–H groups in total. The number of hydrogen-bond donors (Lipinski definition) is 1. The van der Waals surface area contributed by atoms with Crippen LogP contribution in [0.15, 0.2) is 48.5 Å². The van der Waals surface area contributed by atoms with Crippen LogP contribution in [-0.2, 0) is 9.53 Å². The van der Waals surface area contributed by atoms with Gasteiger partial charge in [-0.25, -0.2) is 4.39 Å². The molecule has 2 aromatic rings. The van der Waals surface area contributed by atoms with Crippen molar-refractivity contribution in [2.75, 3.05) is 32.8 Å². The van der Waals surface area contributed by atoms with Crippen molar-refractivity contribution in [2.45, 2.75) is 18.4 Å². The molecule has 148 valence electrons. The van der Waals surface area contributed by atoms with Crippen molar-refractivity contribution in [3.05, 3.63) is 70.5 Å². The van der Waals surface area contributed by atoms with Crippen LogP contribution in [0.5, 0.6) is 0 Å². The molecule has 1 heterocycles. The Morgan fingerprint density at radius 2 is 1.89 bits per heavy atom. The Morgan fingerprint density at radius 3 is 2.61 bits per heavy atom. The average Bonchev–Trinajstić information content (AvgIpc) is 3.51. The summed E-state index contributed by atoms with van der Waals surface area (Å²) in [6.07, 6.45) is 0.828. The highest BCUT2D eigenvalue weighted by atomic mass is 35.5. The van der Waals surface area contributed by atoms with Crippen molar-refractivity contribution in [1.82, 2.24) is 10.2 Å². The van der Waals surface area contributed by atoms with Gasteiger partial charge in [0.2, 0.25) is 5.91 Å². The predicted molar refractivity (Wildman–Crippen MR) is 107 cm³/mol. The fourth-order valence-corrected chi connectivity index (χ4v) is 4.24. The van der Waals surface area contributed by atoms with E-state index in [2.05, 4.69) is 10.2 Å². The van der Waals surface area contributed by atoms with Crippen LogP contribution in [0.2, 0.25) is 5.02 Å². The zero-order valence-electron chi connectivity index (χ0n) is 15.6. The summed E-state index contributed by atoms with van der Waals surface area (Å²) >= 11 is 6.27. The molecule has 0 aromatic heterocycles. The van der Waals surface area contributed by atoms with Gasteiger partial charge in [-0.2, -0.15) is 0 Å². The normalized spacial score (nSPS) is 23.2. The Kier molecular flexibility index (Phi) is 5.95. The van der Waals surface area contributed by atoms with Crippen LogP contribution in [0.3, 0.4) is 0 Å². The molecule has 1 saturated heterocycles. The third-order valence-corrected chi connectivity index (χ3v) is 5.99. The summed E-state index contributed by atoms with van der Waals surface area (Å²) < 4.78 is 18.8. The first kappa shape index (κ1) is 19.4. The number of morpholine rings is 1. The number of carbonyl (C=O) groups excluding carboxylic acids is 1. The molecule has 0 radical (unpaired) electrons. The molecule has 2 fully saturated rings. The minimum absolute atomic E-state index is 0.00552. The smallest absolute Gasteiger partial charge is 0.223 e. The van der Waals surface area contributed by atoms with Crippen molar-refractivity contribution in [1.29, 1.82) is 0 Å². The first-order chi connectivity index (χ1) is 13.6. The number of benzene rings is 2. The molecule has 4 rings (SSSR count). The first-order valence-corrected chi connectivity index (χ1v) is 10.1. The molecule has 1 amide bonds. The van der Waals surface area contributed by atoms with Gasteiger partial charge in [-0.1, -0.05) is 41.9 Å². The molecule has 6 heteroatoms. The lowest BCUT2D eigenvalue weighted by atomic mass is 10.0. The SMILES string of the molecule is O=C(NCC(c1ccc(F)cc1)N1CCOCC1)C1CC1c1ccccc1Cl. The number of halogens is 2. The summed E-state index contributed by atoms with van der Waals surface area (Å²) in [6, 6.07) is 14.3. The molecular formula is C22H24ClFN2O2. The molecule has 3 atom stereocenters. The van der Waals surface area contributed by atoms with E-state index in [4.69, 9.17) is 16.3 Å². The Labute approximate surface area is 169 Å². The summed E-state index contributed by atoms with van der Waals surface area (Å²) in [5, 5.41) is 3.84. The van der Waals surface area contributed by atoms with E-state index in [1.165, 1.54) is 12.1 Å². The molecule has 1 saturated carbocycles. The fraction of sp³-hybridized carbons (Fsp3) is 0.409. The van der Waals surface area contributed by atoms with Crippen molar-refractivity contribution in [3.63, 3.8) is 0 Å². The van der Waals surface area contributed by atoms with Crippen molar-refractivity contribution < 1.29 is 13.9 Å². The minimum atomic E-state index is -0.255. The van der Waals surface area contributed by atoms with E-state index < -0.39 is 0 Å². The second kappa shape index (κ2) is 8.60. The van der Waals surface area contributed by atoms with E-state index >= 15 is 0 Å². The van der Waals surface area contributed by atoms with E-state index in [9.17, 15) is 9.18 Å². The fourth-order valence-electron chi connectivity index (χ4n) is 3.96. The Hall–Kier alpha value is -1.95. The van der Waals surface area contributed by atoms with E-state index in [-0.39, 0.29) is 29.6 Å². The predicted octanol–water partition coefficient (Wildman–Crippen LogP) is 3.77. The topological polar surface area (TPSA) is 41.6 Å². The molecule has 3 unspecified atom stereocenters. The number of amides is 1. The maximum Gasteiger partial charge on any atom is 0.223 e. The van der Waals surface area contributed by atoms with Crippen molar-refractivity contribution in [3.8, 4) is 0 Å². The van der Waals surface area contributed by atoms with Crippen LogP contribution in [0.25, 0.3) is 0 Å². The summed E-state index contributed by atoms with van der Waals surface area (Å²) in [5.74, 6) is -0.0285. The molecule has 28 heavy (non-hydrogen) atoms. The summed E-state index contributed by atoms with van der Waals surface area (Å²) in [6.45, 7) is 3.43. The highest BCUT2D eigenvalue weighted by Crippen LogP contribution is 2.49. The summed E-state index contributed by atoms with van der Waals surface area (Å²) in [4.78, 5) is 15.0. The number of ether oxygens (including phenoxy) is 1. The highest BCUT2D eigenvalue weighted by molar-refractivity contribution is 6.31. The number of hydrogen-bond acceptors (Lipinski definition) is 3. The van der Waals surface area contributed by atoms with Crippen molar-refractivity contribution >= 4 is 17.5 Å². The second-order valence-corrected chi connectivity index (χ2v) is 7.84. The van der Waals surface area contributed by atoms with Gasteiger partial charge < -0.3 is 10.1 Å². The Bertz CT molecular complexity index is 824. The Balaban J connectivity index is 1.40. The van der Waals surface area contributed by atoms with Crippen LogP contribution < -0.4 is 5.32 Å². The summed E-state index contributed by atoms with van der Waals surface area (Å²) in [7, 11) is 0. The van der Waals surface area contributed by atoms with E-state index in [1.807, 2.05) is 24.3 Å². The summed E-state index contributed by atoms with van der Waals surface area (Å²) in [5.41, 5.74) is 2.05. The molecule has 4 nitrogen and oxygen atoms in total. The third-order valence-electron chi connectivity index (χ3n) is 5.64. The highest BCUT2D eigenvalue weighted by Gasteiger charge is 2.44. The second-order valence-electron chi connectivity index (χ2n) is 7.43. The van der Waals surface area contributed by atoms with E-state index in [1.54, 1.807) is 12.1 Å². The molecule has 1 aliphatic carbocycles. The lowest BCUT2D eigenvalue weighted by Crippen LogP contribution is -2.44. The van der Waals surface area contributed by atoms with Crippen LogP contribution in [0, 0.1) is 11.7 Å². The minimum Gasteiger partial charge on any atom is -0.379 e. The maximum atomic E-state index is 13.3. The van der Waals surface area contributed by atoms with Gasteiger partial charge in [0, 0.05) is 30.6 Å². The average molecular weight is 403 g/mol. The molecular weight excluding hydrogens is 379 g/mol. The molecule has 0 spiro atoms. The lowest BCUT2D eigenvalue weighted by molar-refractivity contribution is -0.122. The Morgan fingerprint density at radius 1 is 1.18 bits per heavy atom. The maximum absolute atomic E-state index is 13.3. The van der Waals surface area contributed by atoms with Gasteiger partial charge in [-0.05, 0) is 41.7 Å². The van der Waals surface area contributed by atoms with Crippen LogP contribution in [0.4, 0.5) is 4.39 Å². The van der Waals surface area contributed by atoms with E-state index in [0.717, 1.165) is 35.7 Å². The molecule has 1 aliphatic heterocycles. The van der Waals surface area contributed by atoms with Crippen molar-refractivity contribution in [2.24, 2.45) is 5.92 Å². The van der Waals surface area contributed by atoms with Crippen LogP contribution >= 0.6 is 11.6 Å². The van der Waals surface area contributed by atoms with Gasteiger partial charge in [0.05, 0.1) is 19.3 Å². The van der Waals surface area contributed by atoms with E-state index in [0.29, 0.717) is 19.8 Å². The number of nitrogens with one attached hydrogen (secondary N) is 1. The van der Waals surface area contributed by atoms with Gasteiger partial charge >= 0.3 is 0 Å². The first-order valence-electron chi connectivity index (χ1n) is 9.73. The molecule has 0 bridgehead atoms. The quantitative estimate of drug-likeness (QED) is 0.799.